The van der Waals surface area contributed by atoms with Gasteiger partial charge in [-0.1, -0.05) is 12.1 Å². The number of benzene rings is 1. The van der Waals surface area contributed by atoms with E-state index in [1.165, 1.54) is 24.2 Å². The number of nitrogens with one attached hydrogen (secondary N) is 1. The molecule has 0 radical (unpaired) electrons. The lowest BCUT2D eigenvalue weighted by Gasteiger charge is -2.13. The molecule has 0 spiro atoms. The van der Waals surface area contributed by atoms with Gasteiger partial charge in [0.1, 0.15) is 5.75 Å². The summed E-state index contributed by atoms with van der Waals surface area (Å²) in [5.41, 5.74) is 3.35. The first-order valence-electron chi connectivity index (χ1n) is 8.23. The number of thiazole rings is 1. The van der Waals surface area contributed by atoms with Gasteiger partial charge in [-0.15, -0.1) is 11.3 Å². The van der Waals surface area contributed by atoms with Gasteiger partial charge in [0.25, 0.3) is 0 Å². The summed E-state index contributed by atoms with van der Waals surface area (Å²) in [5, 5.41) is 15.8. The van der Waals surface area contributed by atoms with E-state index in [-0.39, 0.29) is 0 Å². The SMILES string of the molecule is COc1ccc(C(O)CNCc2c(C3CC3)nc3sccn23)cc1. The molecule has 0 saturated heterocycles. The lowest BCUT2D eigenvalue weighted by atomic mass is 10.1. The highest BCUT2D eigenvalue weighted by Gasteiger charge is 2.30. The fourth-order valence-electron chi connectivity index (χ4n) is 2.98. The molecule has 1 atom stereocenters. The molecule has 126 valence electrons. The molecule has 1 aromatic carbocycles. The molecule has 1 fully saturated rings. The average Bonchev–Trinajstić information content (AvgIpc) is 3.25. The highest BCUT2D eigenvalue weighted by atomic mass is 32.1. The quantitative estimate of drug-likeness (QED) is 0.692. The molecule has 5 nitrogen and oxygen atoms in total. The molecule has 1 aliphatic carbocycles. The van der Waals surface area contributed by atoms with Crippen molar-refractivity contribution in [2.24, 2.45) is 0 Å². The summed E-state index contributed by atoms with van der Waals surface area (Å²) in [6.45, 7) is 1.23. The second-order valence-electron chi connectivity index (χ2n) is 6.19. The van der Waals surface area contributed by atoms with E-state index in [1.54, 1.807) is 18.4 Å². The first kappa shape index (κ1) is 15.6. The summed E-state index contributed by atoms with van der Waals surface area (Å²) in [4.78, 5) is 5.83. The maximum absolute atomic E-state index is 10.4. The van der Waals surface area contributed by atoms with E-state index >= 15 is 0 Å². The molecule has 3 aromatic rings. The van der Waals surface area contributed by atoms with Gasteiger partial charge in [-0.25, -0.2) is 4.98 Å². The monoisotopic (exact) mass is 343 g/mol. The van der Waals surface area contributed by atoms with Gasteiger partial charge in [-0.05, 0) is 30.5 Å². The Kier molecular flexibility index (Phi) is 4.26. The number of hydrogen-bond acceptors (Lipinski definition) is 5. The third-order valence-corrected chi connectivity index (χ3v) is 5.24. The molecule has 2 heterocycles. The zero-order valence-electron chi connectivity index (χ0n) is 13.6. The van der Waals surface area contributed by atoms with Gasteiger partial charge in [-0.2, -0.15) is 0 Å². The minimum absolute atomic E-state index is 0.508. The second-order valence-corrected chi connectivity index (χ2v) is 7.07. The van der Waals surface area contributed by atoms with Crippen molar-refractivity contribution < 1.29 is 9.84 Å². The number of rotatable bonds is 7. The van der Waals surface area contributed by atoms with E-state index < -0.39 is 6.10 Å². The van der Waals surface area contributed by atoms with Gasteiger partial charge in [0.15, 0.2) is 4.96 Å². The normalized spacial score (nSPS) is 15.8. The van der Waals surface area contributed by atoms with Crippen LogP contribution in [0.25, 0.3) is 4.96 Å². The van der Waals surface area contributed by atoms with Gasteiger partial charge < -0.3 is 15.2 Å². The molecule has 2 N–H and O–H groups in total. The first-order chi connectivity index (χ1) is 11.8. The molecule has 1 unspecified atom stereocenters. The number of aliphatic hydroxyl groups is 1. The summed E-state index contributed by atoms with van der Waals surface area (Å²) in [5.74, 6) is 1.42. The van der Waals surface area contributed by atoms with Gasteiger partial charge in [-0.3, -0.25) is 4.40 Å². The van der Waals surface area contributed by atoms with Crippen LogP contribution in [0.5, 0.6) is 5.75 Å². The number of nitrogens with zero attached hydrogens (tertiary/aromatic N) is 2. The van der Waals surface area contributed by atoms with Crippen molar-refractivity contribution in [1.29, 1.82) is 0 Å². The molecular formula is C18H21N3O2S. The Hall–Kier alpha value is -1.89. The molecule has 6 heteroatoms. The van der Waals surface area contributed by atoms with Crippen LogP contribution in [0.3, 0.4) is 0 Å². The van der Waals surface area contributed by atoms with Crippen molar-refractivity contribution in [2.45, 2.75) is 31.4 Å². The van der Waals surface area contributed by atoms with Crippen molar-refractivity contribution >= 4 is 16.3 Å². The highest BCUT2D eigenvalue weighted by Crippen LogP contribution is 2.41. The summed E-state index contributed by atoms with van der Waals surface area (Å²) >= 11 is 1.67. The van der Waals surface area contributed by atoms with Gasteiger partial charge in [0.2, 0.25) is 0 Å². The Labute approximate surface area is 144 Å². The van der Waals surface area contributed by atoms with E-state index in [2.05, 4.69) is 21.3 Å². The Morgan fingerprint density at radius 2 is 2.17 bits per heavy atom. The molecule has 24 heavy (non-hydrogen) atoms. The Morgan fingerprint density at radius 3 is 2.88 bits per heavy atom. The Morgan fingerprint density at radius 1 is 1.38 bits per heavy atom. The Bertz CT molecular complexity index is 821. The van der Waals surface area contributed by atoms with Gasteiger partial charge in [0, 0.05) is 30.6 Å². The van der Waals surface area contributed by atoms with E-state index in [0.717, 1.165) is 22.8 Å². The lowest BCUT2D eigenvalue weighted by molar-refractivity contribution is 0.174. The van der Waals surface area contributed by atoms with Crippen LogP contribution >= 0.6 is 11.3 Å². The number of ether oxygens (including phenoxy) is 1. The highest BCUT2D eigenvalue weighted by molar-refractivity contribution is 7.15. The Balaban J connectivity index is 1.41. The van der Waals surface area contributed by atoms with Gasteiger partial charge in [0.05, 0.1) is 24.6 Å². The van der Waals surface area contributed by atoms with E-state index in [1.807, 2.05) is 24.3 Å². The van der Waals surface area contributed by atoms with Crippen molar-refractivity contribution in [3.8, 4) is 5.75 Å². The molecule has 0 bridgehead atoms. The van der Waals surface area contributed by atoms with Crippen molar-refractivity contribution in [2.75, 3.05) is 13.7 Å². The molecule has 0 aliphatic heterocycles. The molecular weight excluding hydrogens is 322 g/mol. The van der Waals surface area contributed by atoms with Crippen LogP contribution < -0.4 is 10.1 Å². The summed E-state index contributed by atoms with van der Waals surface area (Å²) < 4.78 is 7.32. The molecule has 1 aliphatic rings. The van der Waals surface area contributed by atoms with Gasteiger partial charge >= 0.3 is 0 Å². The smallest absolute Gasteiger partial charge is 0.194 e. The maximum atomic E-state index is 10.4. The molecule has 4 rings (SSSR count). The maximum Gasteiger partial charge on any atom is 0.194 e. The fourth-order valence-corrected chi connectivity index (χ4v) is 3.72. The number of aliphatic hydroxyl groups excluding tert-OH is 1. The van der Waals surface area contributed by atoms with E-state index in [4.69, 9.17) is 9.72 Å². The summed E-state index contributed by atoms with van der Waals surface area (Å²) in [7, 11) is 1.64. The van der Waals surface area contributed by atoms with E-state index in [9.17, 15) is 5.11 Å². The number of imidazole rings is 1. The second kappa shape index (κ2) is 6.55. The van der Waals surface area contributed by atoms with Crippen LogP contribution in [-0.2, 0) is 6.54 Å². The topological polar surface area (TPSA) is 58.8 Å². The van der Waals surface area contributed by atoms with Crippen LogP contribution in [0, 0.1) is 0 Å². The zero-order chi connectivity index (χ0) is 16.5. The predicted molar refractivity (Wildman–Crippen MR) is 94.7 cm³/mol. The lowest BCUT2D eigenvalue weighted by Crippen LogP contribution is -2.22. The number of fused-ring (bicyclic) bond motifs is 1. The van der Waals surface area contributed by atoms with Crippen LogP contribution in [0.1, 0.15) is 41.8 Å². The molecule has 2 aromatic heterocycles. The zero-order valence-corrected chi connectivity index (χ0v) is 14.4. The van der Waals surface area contributed by atoms with E-state index in [0.29, 0.717) is 12.5 Å². The molecule has 0 amide bonds. The minimum Gasteiger partial charge on any atom is -0.497 e. The van der Waals surface area contributed by atoms with Crippen molar-refractivity contribution in [3.05, 3.63) is 52.8 Å². The standard InChI is InChI=1S/C18H21N3O2S/c1-23-14-6-4-12(5-7-14)16(22)11-19-10-15-17(13-2-3-13)20-18-21(15)8-9-24-18/h4-9,13,16,19,22H,2-3,10-11H2,1H3. The summed E-state index contributed by atoms with van der Waals surface area (Å²) in [6.07, 6.45) is 4.03. The van der Waals surface area contributed by atoms with Crippen molar-refractivity contribution in [3.63, 3.8) is 0 Å². The van der Waals surface area contributed by atoms with Crippen molar-refractivity contribution in [1.82, 2.24) is 14.7 Å². The van der Waals surface area contributed by atoms with Crippen LogP contribution in [-0.4, -0.2) is 28.1 Å². The predicted octanol–water partition coefficient (Wildman–Crippen LogP) is 3.11. The largest absolute Gasteiger partial charge is 0.497 e. The third-order valence-electron chi connectivity index (χ3n) is 4.49. The summed E-state index contributed by atoms with van der Waals surface area (Å²) in [6, 6.07) is 7.54. The third kappa shape index (κ3) is 3.05. The molecule has 1 saturated carbocycles. The minimum atomic E-state index is -0.536. The van der Waals surface area contributed by atoms with Crippen LogP contribution in [0.2, 0.25) is 0 Å². The fraction of sp³-hybridized carbons (Fsp3) is 0.389. The number of methoxy groups -OCH3 is 1. The average molecular weight is 343 g/mol. The van der Waals surface area contributed by atoms with Crippen LogP contribution in [0.15, 0.2) is 35.8 Å². The van der Waals surface area contributed by atoms with Crippen LogP contribution in [0.4, 0.5) is 0 Å². The number of hydrogen-bond donors (Lipinski definition) is 2. The number of aromatic nitrogens is 2. The first-order valence-corrected chi connectivity index (χ1v) is 9.11.